The molecule has 4 heteroatoms. The zero-order chi connectivity index (χ0) is 16.2. The summed E-state index contributed by atoms with van der Waals surface area (Å²) in [6, 6.07) is 0. The van der Waals surface area contributed by atoms with Crippen molar-refractivity contribution in [2.75, 3.05) is 0 Å². The van der Waals surface area contributed by atoms with Crippen molar-refractivity contribution in [2.45, 2.75) is 104 Å². The Morgan fingerprint density at radius 3 is 1.32 bits per heavy atom. The average Bonchev–Trinajstić information content (AvgIpc) is 2.55. The first-order chi connectivity index (χ1) is 10.8. The monoisotopic (exact) mass is 294 g/mol. The van der Waals surface area contributed by atoms with Gasteiger partial charge in [-0.2, -0.15) is 0 Å². The molecule has 1 aromatic rings. The predicted octanol–water partition coefficient (Wildman–Crippen LogP) is 5.19. The van der Waals surface area contributed by atoms with E-state index < -0.39 is 0 Å². The number of hydrogen-bond acceptors (Lipinski definition) is 0. The summed E-state index contributed by atoms with van der Waals surface area (Å²) in [6.45, 7) is 18.7. The number of unbranched alkanes of at least 4 members (excludes halogenated alkanes) is 2. The molecular weight excluding hydrogens is 259 g/mol. The normalized spacial score (nSPS) is 13.3. The summed E-state index contributed by atoms with van der Waals surface area (Å²) >= 11 is 0. The summed E-state index contributed by atoms with van der Waals surface area (Å²) in [6.07, 6.45) is 13.4. The Bertz CT molecular complexity index is 357. The Hall–Kier alpha value is -0.000260. The van der Waals surface area contributed by atoms with Crippen LogP contribution >= 0.6 is 0 Å². The topological polar surface area (TPSA) is 0 Å². The molecule has 0 N–H and O–H groups in total. The number of rotatable bonds is 12. The Morgan fingerprint density at radius 2 is 1.00 bits per heavy atom. The van der Waals surface area contributed by atoms with E-state index in [1.807, 2.05) is 0 Å². The van der Waals surface area contributed by atoms with Gasteiger partial charge >= 0.3 is 142 Å². The van der Waals surface area contributed by atoms with Crippen molar-refractivity contribution in [3.05, 3.63) is 10.9 Å². The van der Waals surface area contributed by atoms with Gasteiger partial charge in [0.25, 0.3) is 0 Å². The number of hydrogen-bond donors (Lipinski definition) is 0. The molecule has 0 amide bonds. The van der Waals surface area contributed by atoms with Crippen molar-refractivity contribution in [3.63, 3.8) is 0 Å². The molecule has 0 radical (unpaired) electrons. The summed E-state index contributed by atoms with van der Waals surface area (Å²) in [5.74, 6) is 1.56. The Balaban J connectivity index is 3.01. The molecule has 0 aromatic carbocycles. The van der Waals surface area contributed by atoms with Gasteiger partial charge in [-0.15, -0.1) is 0 Å². The first-order valence-electron chi connectivity index (χ1n) is 9.87. The molecule has 118 valence electrons. The van der Waals surface area contributed by atoms with E-state index in [2.05, 4.69) is 54.7 Å². The van der Waals surface area contributed by atoms with Gasteiger partial charge in [-0.3, -0.25) is 0 Å². The molecule has 0 fully saturated rings. The summed E-state index contributed by atoms with van der Waals surface area (Å²) in [5.41, 5.74) is 3.35. The third-order valence-corrected chi connectivity index (χ3v) is 4.96. The van der Waals surface area contributed by atoms with Crippen LogP contribution in [0.1, 0.15) is 115 Å². The first-order valence-corrected chi connectivity index (χ1v) is 9.87. The Morgan fingerprint density at radius 1 is 0.591 bits per heavy atom. The van der Waals surface area contributed by atoms with Crippen LogP contribution < -0.4 is 0 Å². The van der Waals surface area contributed by atoms with Gasteiger partial charge < -0.3 is 0 Å². The molecule has 0 aliphatic heterocycles. The molecule has 0 saturated heterocycles. The molecule has 1 heterocycles. The summed E-state index contributed by atoms with van der Waals surface area (Å²) in [7, 11) is 0. The second kappa shape index (κ2) is 12.4. The van der Waals surface area contributed by atoms with Crippen LogP contribution in [0.5, 0.6) is 0 Å². The van der Waals surface area contributed by atoms with E-state index in [0.29, 0.717) is 0 Å². The van der Waals surface area contributed by atoms with Gasteiger partial charge in [0.1, 0.15) is 0 Å². The van der Waals surface area contributed by atoms with Gasteiger partial charge in [-0.1, -0.05) is 0 Å². The zero-order valence-electron chi connectivity index (χ0n) is 15.5. The third-order valence-electron chi connectivity index (χ3n) is 4.96. The maximum atomic E-state index is 2.43. The molecule has 22 heavy (non-hydrogen) atoms. The van der Waals surface area contributed by atoms with Crippen molar-refractivity contribution in [2.24, 2.45) is 0 Å². The van der Waals surface area contributed by atoms with Gasteiger partial charge in [0.05, 0.1) is 0 Å². The summed E-state index contributed by atoms with van der Waals surface area (Å²) in [5, 5.41) is 0. The maximum absolute atomic E-state index is 2.43. The van der Waals surface area contributed by atoms with E-state index in [0.717, 1.165) is 11.8 Å². The van der Waals surface area contributed by atoms with E-state index in [4.69, 9.17) is 0 Å². The molecule has 2 unspecified atom stereocenters. The Labute approximate surface area is 142 Å². The second-order valence-corrected chi connectivity index (χ2v) is 6.88. The molecule has 2 atom stereocenters. The van der Waals surface area contributed by atoms with Crippen LogP contribution in [0.4, 0.5) is 0 Å². The fourth-order valence-corrected chi connectivity index (χ4v) is 3.76. The minimum absolute atomic E-state index is 0.780. The molecule has 0 nitrogen and oxygen atoms in total. The van der Waals surface area contributed by atoms with E-state index in [-0.39, 0.29) is 0 Å². The van der Waals surface area contributed by atoms with E-state index in [9.17, 15) is 0 Å². The SMILES string of the molecule is CCCCC(CCC)c1bbbbc1C(CCC)CCCC. The van der Waals surface area contributed by atoms with E-state index in [1.165, 1.54) is 64.2 Å². The first kappa shape index (κ1) is 20.0. The van der Waals surface area contributed by atoms with Crippen LogP contribution in [-0.4, -0.2) is 27.0 Å². The van der Waals surface area contributed by atoms with Crippen molar-refractivity contribution in [1.29, 1.82) is 0 Å². The van der Waals surface area contributed by atoms with Gasteiger partial charge in [0.15, 0.2) is 0 Å². The molecule has 0 aliphatic rings. The van der Waals surface area contributed by atoms with Crippen LogP contribution in [0.15, 0.2) is 0 Å². The quantitative estimate of drug-likeness (QED) is 0.498. The van der Waals surface area contributed by atoms with Gasteiger partial charge in [-0.25, -0.2) is 0 Å². The van der Waals surface area contributed by atoms with Crippen LogP contribution in [0.2, 0.25) is 0 Å². The van der Waals surface area contributed by atoms with Crippen molar-refractivity contribution in [1.82, 2.24) is 0 Å². The fraction of sp³-hybridized carbons (Fsp3) is 0.889. The van der Waals surface area contributed by atoms with Gasteiger partial charge in [-0.05, 0) is 0 Å². The van der Waals surface area contributed by atoms with Crippen LogP contribution in [0.25, 0.3) is 0 Å². The van der Waals surface area contributed by atoms with Crippen LogP contribution in [-0.2, 0) is 0 Å². The molecular formula is C18H34B4. The molecule has 0 aliphatic carbocycles. The minimum atomic E-state index is 0.780. The fourth-order valence-electron chi connectivity index (χ4n) is 3.76. The third kappa shape index (κ3) is 6.63. The van der Waals surface area contributed by atoms with E-state index >= 15 is 0 Å². The molecule has 0 saturated carbocycles. The van der Waals surface area contributed by atoms with E-state index in [1.54, 1.807) is 10.9 Å². The van der Waals surface area contributed by atoms with Crippen LogP contribution in [0.3, 0.4) is 0 Å². The van der Waals surface area contributed by atoms with Crippen molar-refractivity contribution >= 4 is 27.0 Å². The standard InChI is InChI=1S/C18H34B4/c1-5-9-13-15(11-7-3)17-18(20-22-21-19-17)16(12-8-4)14-10-6-2/h15-16H,5-14H2,1-4H3. The second-order valence-electron chi connectivity index (χ2n) is 6.88. The average molecular weight is 294 g/mol. The van der Waals surface area contributed by atoms with Gasteiger partial charge in [0.2, 0.25) is 0 Å². The summed E-state index contributed by atoms with van der Waals surface area (Å²) in [4.78, 5) is 0. The predicted molar refractivity (Wildman–Crippen MR) is 106 cm³/mol. The Kier molecular flexibility index (Phi) is 11.3. The van der Waals surface area contributed by atoms with Gasteiger partial charge in [0, 0.05) is 0 Å². The summed E-state index contributed by atoms with van der Waals surface area (Å²) < 4.78 is 0. The molecule has 0 spiro atoms. The molecule has 0 bridgehead atoms. The van der Waals surface area contributed by atoms with Crippen LogP contribution in [0, 0.1) is 0 Å². The molecule has 1 aromatic heterocycles. The zero-order valence-corrected chi connectivity index (χ0v) is 15.5. The van der Waals surface area contributed by atoms with Crippen molar-refractivity contribution in [3.8, 4) is 0 Å². The molecule has 1 rings (SSSR count). The van der Waals surface area contributed by atoms with Crippen molar-refractivity contribution < 1.29 is 0 Å².